The molecule has 0 aliphatic heterocycles. The van der Waals surface area contributed by atoms with Crippen LogP contribution in [-0.2, 0) is 4.79 Å². The number of aliphatic hydroxyl groups excluding tert-OH is 1. The predicted molar refractivity (Wildman–Crippen MR) is 73.1 cm³/mol. The summed E-state index contributed by atoms with van der Waals surface area (Å²) in [6, 6.07) is 6.11. The summed E-state index contributed by atoms with van der Waals surface area (Å²) in [5, 5.41) is 11.7. The molecule has 1 rings (SSSR count). The molecule has 4 heteroatoms. The van der Waals surface area contributed by atoms with Crippen LogP contribution in [0.4, 0.5) is 4.39 Å². The van der Waals surface area contributed by atoms with E-state index < -0.39 is 0 Å². The van der Waals surface area contributed by atoms with Crippen LogP contribution < -0.4 is 5.32 Å². The standard InChI is InChI=1S/C15H22FNO2/c1-11(2)15(12-6-8-13(16)9-7-12)17-14(19)5-3-4-10-18/h6-9,11,15,18H,3-5,10H2,1-2H3,(H,17,19). The van der Waals surface area contributed by atoms with Gasteiger partial charge in [0.1, 0.15) is 5.82 Å². The number of hydrogen-bond donors (Lipinski definition) is 2. The van der Waals surface area contributed by atoms with E-state index in [4.69, 9.17) is 5.11 Å². The number of carbonyl (C=O) groups is 1. The molecule has 0 spiro atoms. The number of carbonyl (C=O) groups excluding carboxylic acids is 1. The third kappa shape index (κ3) is 5.39. The SMILES string of the molecule is CC(C)C(NC(=O)CCCCO)c1ccc(F)cc1. The number of halogens is 1. The van der Waals surface area contributed by atoms with Gasteiger partial charge in [-0.3, -0.25) is 4.79 Å². The lowest BCUT2D eigenvalue weighted by Crippen LogP contribution is -2.31. The van der Waals surface area contributed by atoms with Gasteiger partial charge in [-0.2, -0.15) is 0 Å². The van der Waals surface area contributed by atoms with Gasteiger partial charge in [-0.25, -0.2) is 4.39 Å². The van der Waals surface area contributed by atoms with E-state index in [1.54, 1.807) is 12.1 Å². The van der Waals surface area contributed by atoms with Crippen molar-refractivity contribution in [3.05, 3.63) is 35.6 Å². The normalized spacial score (nSPS) is 12.5. The van der Waals surface area contributed by atoms with Gasteiger partial charge in [-0.05, 0) is 36.5 Å². The van der Waals surface area contributed by atoms with Crippen molar-refractivity contribution in [2.24, 2.45) is 5.92 Å². The van der Waals surface area contributed by atoms with E-state index in [9.17, 15) is 9.18 Å². The van der Waals surface area contributed by atoms with Crippen LogP contribution in [0.1, 0.15) is 44.7 Å². The molecule has 0 heterocycles. The Kier molecular flexibility index (Phi) is 6.50. The molecule has 106 valence electrons. The van der Waals surface area contributed by atoms with Gasteiger partial charge >= 0.3 is 0 Å². The van der Waals surface area contributed by atoms with Gasteiger partial charge in [0, 0.05) is 13.0 Å². The largest absolute Gasteiger partial charge is 0.396 e. The predicted octanol–water partition coefficient (Wildman–Crippen LogP) is 2.80. The molecule has 19 heavy (non-hydrogen) atoms. The number of aliphatic hydroxyl groups is 1. The van der Waals surface area contributed by atoms with Gasteiger partial charge in [-0.1, -0.05) is 26.0 Å². The Hall–Kier alpha value is -1.42. The zero-order valence-electron chi connectivity index (χ0n) is 11.5. The molecule has 0 fully saturated rings. The summed E-state index contributed by atoms with van der Waals surface area (Å²) >= 11 is 0. The first kappa shape index (κ1) is 15.6. The fourth-order valence-corrected chi connectivity index (χ4v) is 1.95. The molecular formula is C15H22FNO2. The van der Waals surface area contributed by atoms with E-state index in [-0.39, 0.29) is 30.3 Å². The lowest BCUT2D eigenvalue weighted by Gasteiger charge is -2.23. The quantitative estimate of drug-likeness (QED) is 0.746. The van der Waals surface area contributed by atoms with E-state index in [1.807, 2.05) is 13.8 Å². The summed E-state index contributed by atoms with van der Waals surface area (Å²) in [7, 11) is 0. The zero-order chi connectivity index (χ0) is 14.3. The lowest BCUT2D eigenvalue weighted by atomic mass is 9.95. The van der Waals surface area contributed by atoms with Crippen LogP contribution in [0.3, 0.4) is 0 Å². The van der Waals surface area contributed by atoms with E-state index in [1.165, 1.54) is 12.1 Å². The molecule has 1 atom stereocenters. The second kappa shape index (κ2) is 7.89. The Morgan fingerprint density at radius 1 is 1.26 bits per heavy atom. The Labute approximate surface area is 113 Å². The van der Waals surface area contributed by atoms with E-state index >= 15 is 0 Å². The van der Waals surface area contributed by atoms with Gasteiger partial charge in [0.25, 0.3) is 0 Å². The molecule has 0 saturated carbocycles. The average Bonchev–Trinajstić information content (AvgIpc) is 2.37. The van der Waals surface area contributed by atoms with Crippen LogP contribution in [-0.4, -0.2) is 17.6 Å². The number of unbranched alkanes of at least 4 members (excludes halogenated alkanes) is 1. The highest BCUT2D eigenvalue weighted by Crippen LogP contribution is 2.22. The maximum Gasteiger partial charge on any atom is 0.220 e. The maximum atomic E-state index is 12.9. The highest BCUT2D eigenvalue weighted by atomic mass is 19.1. The van der Waals surface area contributed by atoms with Crippen molar-refractivity contribution in [3.8, 4) is 0 Å². The molecule has 1 amide bonds. The van der Waals surface area contributed by atoms with Crippen molar-refractivity contribution < 1.29 is 14.3 Å². The van der Waals surface area contributed by atoms with Gasteiger partial charge in [0.15, 0.2) is 0 Å². The van der Waals surface area contributed by atoms with Crippen LogP contribution in [0.2, 0.25) is 0 Å². The average molecular weight is 267 g/mol. The Balaban J connectivity index is 2.63. The Bertz CT molecular complexity index is 390. The summed E-state index contributed by atoms with van der Waals surface area (Å²) in [6.45, 7) is 4.14. The first-order valence-electron chi connectivity index (χ1n) is 6.70. The molecular weight excluding hydrogens is 245 g/mol. The number of nitrogens with one attached hydrogen (secondary N) is 1. The molecule has 3 nitrogen and oxygen atoms in total. The third-order valence-electron chi connectivity index (χ3n) is 3.02. The van der Waals surface area contributed by atoms with Crippen molar-refractivity contribution >= 4 is 5.91 Å². The third-order valence-corrected chi connectivity index (χ3v) is 3.02. The Morgan fingerprint density at radius 2 is 1.89 bits per heavy atom. The molecule has 0 radical (unpaired) electrons. The van der Waals surface area contributed by atoms with Crippen LogP contribution in [0.5, 0.6) is 0 Å². The van der Waals surface area contributed by atoms with Gasteiger partial charge < -0.3 is 10.4 Å². The van der Waals surface area contributed by atoms with Crippen molar-refractivity contribution in [2.75, 3.05) is 6.61 Å². The second-order valence-corrected chi connectivity index (χ2v) is 5.02. The van der Waals surface area contributed by atoms with Gasteiger partial charge in [0.05, 0.1) is 6.04 Å². The highest BCUT2D eigenvalue weighted by molar-refractivity contribution is 5.76. The fourth-order valence-electron chi connectivity index (χ4n) is 1.95. The minimum absolute atomic E-state index is 0.0310. The minimum Gasteiger partial charge on any atom is -0.396 e. The van der Waals surface area contributed by atoms with Crippen LogP contribution in [0, 0.1) is 11.7 Å². The van der Waals surface area contributed by atoms with Crippen molar-refractivity contribution in [3.63, 3.8) is 0 Å². The number of rotatable bonds is 7. The second-order valence-electron chi connectivity index (χ2n) is 5.02. The monoisotopic (exact) mass is 267 g/mol. The molecule has 0 aromatic heterocycles. The molecule has 0 bridgehead atoms. The molecule has 1 aromatic carbocycles. The first-order chi connectivity index (χ1) is 9.04. The fraction of sp³-hybridized carbons (Fsp3) is 0.533. The number of benzene rings is 1. The lowest BCUT2D eigenvalue weighted by molar-refractivity contribution is -0.122. The van der Waals surface area contributed by atoms with E-state index in [0.29, 0.717) is 19.3 Å². The van der Waals surface area contributed by atoms with Crippen LogP contribution in [0.25, 0.3) is 0 Å². The summed E-state index contributed by atoms with van der Waals surface area (Å²) < 4.78 is 12.9. The summed E-state index contributed by atoms with van der Waals surface area (Å²) in [4.78, 5) is 11.8. The number of amides is 1. The number of hydrogen-bond acceptors (Lipinski definition) is 2. The van der Waals surface area contributed by atoms with Crippen LogP contribution in [0.15, 0.2) is 24.3 Å². The molecule has 2 N–H and O–H groups in total. The van der Waals surface area contributed by atoms with E-state index in [0.717, 1.165) is 5.56 Å². The van der Waals surface area contributed by atoms with Crippen LogP contribution >= 0.6 is 0 Å². The van der Waals surface area contributed by atoms with Gasteiger partial charge in [0.2, 0.25) is 5.91 Å². The summed E-state index contributed by atoms with van der Waals surface area (Å²) in [6.07, 6.45) is 1.72. The Morgan fingerprint density at radius 3 is 2.42 bits per heavy atom. The van der Waals surface area contributed by atoms with E-state index in [2.05, 4.69) is 5.32 Å². The highest BCUT2D eigenvalue weighted by Gasteiger charge is 2.17. The molecule has 0 aliphatic carbocycles. The maximum absolute atomic E-state index is 12.9. The summed E-state index contributed by atoms with van der Waals surface area (Å²) in [5.41, 5.74) is 0.909. The van der Waals surface area contributed by atoms with Gasteiger partial charge in [-0.15, -0.1) is 0 Å². The molecule has 1 aromatic rings. The minimum atomic E-state index is -0.277. The molecule has 0 saturated heterocycles. The molecule has 0 aliphatic rings. The molecule has 1 unspecified atom stereocenters. The smallest absolute Gasteiger partial charge is 0.220 e. The zero-order valence-corrected chi connectivity index (χ0v) is 11.5. The van der Waals surface area contributed by atoms with Crippen molar-refractivity contribution in [1.82, 2.24) is 5.32 Å². The van der Waals surface area contributed by atoms with Crippen molar-refractivity contribution in [2.45, 2.75) is 39.2 Å². The van der Waals surface area contributed by atoms with Crippen molar-refractivity contribution in [1.29, 1.82) is 0 Å². The summed E-state index contributed by atoms with van der Waals surface area (Å²) in [5.74, 6) is -0.0794. The first-order valence-corrected chi connectivity index (χ1v) is 6.70. The topological polar surface area (TPSA) is 49.3 Å².